The Morgan fingerprint density at radius 1 is 1.00 bits per heavy atom. The van der Waals surface area contributed by atoms with Crippen LogP contribution in [0.25, 0.3) is 0 Å². The summed E-state index contributed by atoms with van der Waals surface area (Å²) in [6, 6.07) is 25.4. The predicted molar refractivity (Wildman–Crippen MR) is 115 cm³/mol. The number of benzene rings is 3. The molecular weight excluding hydrogens is 398 g/mol. The molecule has 0 fully saturated rings. The van der Waals surface area contributed by atoms with Gasteiger partial charge < -0.3 is 4.84 Å². The van der Waals surface area contributed by atoms with Crippen molar-refractivity contribution in [3.8, 4) is 6.07 Å². The average molecular weight is 414 g/mol. The molecule has 2 heterocycles. The average Bonchev–Trinajstić information content (AvgIpc) is 3.24. The predicted octanol–water partition coefficient (Wildman–Crippen LogP) is 4.78. The fraction of sp³-hybridized carbons (Fsp3) is 0.125. The quantitative estimate of drug-likeness (QED) is 0.607. The Kier molecular flexibility index (Phi) is 4.50. The molecule has 3 aromatic carbocycles. The molecule has 5 nitrogen and oxygen atoms in total. The van der Waals surface area contributed by atoms with Gasteiger partial charge in [0.2, 0.25) is 0 Å². The van der Waals surface area contributed by atoms with E-state index in [1.165, 1.54) is 4.90 Å². The van der Waals surface area contributed by atoms with Gasteiger partial charge in [-0.1, -0.05) is 65.3 Å². The number of fused-ring (bicyclic) bond motifs is 3. The number of oxime groups is 1. The molecule has 0 saturated heterocycles. The SMILES string of the molecule is N#CC1[C@H]2ON=C(c3ccc(Cl)cc3)[C@H]2c2ccccc2N1C(=O)c1ccccc1. The van der Waals surface area contributed by atoms with Crippen LogP contribution in [0.15, 0.2) is 84.0 Å². The summed E-state index contributed by atoms with van der Waals surface area (Å²) < 4.78 is 0. The van der Waals surface area contributed by atoms with Gasteiger partial charge in [0.15, 0.2) is 12.1 Å². The van der Waals surface area contributed by atoms with Crippen molar-refractivity contribution in [2.45, 2.75) is 18.1 Å². The zero-order valence-electron chi connectivity index (χ0n) is 15.8. The number of rotatable bonds is 2. The molecule has 3 atom stereocenters. The monoisotopic (exact) mass is 413 g/mol. The summed E-state index contributed by atoms with van der Waals surface area (Å²) in [5, 5.41) is 15.0. The Labute approximate surface area is 178 Å². The highest BCUT2D eigenvalue weighted by Crippen LogP contribution is 2.45. The third-order valence-electron chi connectivity index (χ3n) is 5.53. The fourth-order valence-corrected chi connectivity index (χ4v) is 4.29. The highest BCUT2D eigenvalue weighted by atomic mass is 35.5. The van der Waals surface area contributed by atoms with Crippen LogP contribution in [0.2, 0.25) is 5.02 Å². The minimum atomic E-state index is -0.814. The van der Waals surface area contributed by atoms with E-state index in [9.17, 15) is 10.1 Å². The highest BCUT2D eigenvalue weighted by Gasteiger charge is 2.50. The minimum absolute atomic E-state index is 0.239. The molecule has 2 aliphatic heterocycles. The van der Waals surface area contributed by atoms with Gasteiger partial charge in [-0.3, -0.25) is 9.69 Å². The van der Waals surface area contributed by atoms with E-state index in [-0.39, 0.29) is 11.8 Å². The Bertz CT molecular complexity index is 1190. The van der Waals surface area contributed by atoms with Crippen LogP contribution in [0.5, 0.6) is 0 Å². The van der Waals surface area contributed by atoms with E-state index in [4.69, 9.17) is 16.4 Å². The zero-order chi connectivity index (χ0) is 20.7. The maximum atomic E-state index is 13.4. The molecule has 0 bridgehead atoms. The number of carbonyl (C=O) groups is 1. The summed E-state index contributed by atoms with van der Waals surface area (Å²) in [6.07, 6.45) is -0.594. The molecule has 0 radical (unpaired) electrons. The smallest absolute Gasteiger partial charge is 0.259 e. The first kappa shape index (κ1) is 18.4. The number of carbonyl (C=O) groups excluding carboxylic acids is 1. The van der Waals surface area contributed by atoms with Gasteiger partial charge in [0.25, 0.3) is 5.91 Å². The number of anilines is 1. The topological polar surface area (TPSA) is 65.7 Å². The number of halogens is 1. The van der Waals surface area contributed by atoms with Gasteiger partial charge in [-0.2, -0.15) is 5.26 Å². The third-order valence-corrected chi connectivity index (χ3v) is 5.78. The number of nitriles is 1. The lowest BCUT2D eigenvalue weighted by Gasteiger charge is -2.39. The van der Waals surface area contributed by atoms with Crippen LogP contribution in [0.4, 0.5) is 5.69 Å². The summed E-state index contributed by atoms with van der Waals surface area (Å²) in [5.41, 5.74) is 3.73. The van der Waals surface area contributed by atoms with Crippen LogP contribution >= 0.6 is 11.6 Å². The largest absolute Gasteiger partial charge is 0.388 e. The van der Waals surface area contributed by atoms with E-state index in [2.05, 4.69) is 11.2 Å². The second-order valence-corrected chi connectivity index (χ2v) is 7.64. The van der Waals surface area contributed by atoms with Gasteiger partial charge in [0, 0.05) is 21.8 Å². The Morgan fingerprint density at radius 2 is 1.70 bits per heavy atom. The van der Waals surface area contributed by atoms with Crippen LogP contribution in [-0.4, -0.2) is 23.8 Å². The molecule has 1 amide bonds. The van der Waals surface area contributed by atoms with Crippen molar-refractivity contribution in [1.82, 2.24) is 0 Å². The molecule has 30 heavy (non-hydrogen) atoms. The molecule has 0 saturated carbocycles. The van der Waals surface area contributed by atoms with Crippen molar-refractivity contribution in [2.24, 2.45) is 5.16 Å². The van der Waals surface area contributed by atoms with E-state index < -0.39 is 12.1 Å². The lowest BCUT2D eigenvalue weighted by molar-refractivity contribution is 0.0596. The first-order valence-corrected chi connectivity index (χ1v) is 9.93. The molecular formula is C24H16ClN3O2. The Hall–Kier alpha value is -3.62. The van der Waals surface area contributed by atoms with E-state index in [1.54, 1.807) is 36.4 Å². The van der Waals surface area contributed by atoms with Crippen LogP contribution in [0, 0.1) is 11.3 Å². The van der Waals surface area contributed by atoms with Gasteiger partial charge in [-0.05, 0) is 35.9 Å². The van der Waals surface area contributed by atoms with Gasteiger partial charge in [0.1, 0.15) is 0 Å². The summed E-state index contributed by atoms with van der Waals surface area (Å²) in [5.74, 6) is -0.497. The molecule has 6 heteroatoms. The highest BCUT2D eigenvalue weighted by molar-refractivity contribution is 6.30. The standard InChI is InChI=1S/C24H16ClN3O2/c25-17-12-10-15(11-13-17)22-21-18-8-4-5-9-19(18)28(20(14-26)23(21)30-27-22)24(29)16-6-2-1-3-7-16/h1-13,20-21,23H/t20?,21-,23-/m1/s1. The van der Waals surface area contributed by atoms with Crippen LogP contribution in [0.1, 0.15) is 27.4 Å². The van der Waals surface area contributed by atoms with Crippen molar-refractivity contribution in [3.05, 3.63) is 101 Å². The summed E-state index contributed by atoms with van der Waals surface area (Å²) in [4.78, 5) is 20.7. The third kappa shape index (κ3) is 2.85. The molecule has 0 aromatic heterocycles. The number of hydrogen-bond acceptors (Lipinski definition) is 4. The lowest BCUT2D eigenvalue weighted by atomic mass is 9.79. The first-order chi connectivity index (χ1) is 14.7. The zero-order valence-corrected chi connectivity index (χ0v) is 16.5. The second-order valence-electron chi connectivity index (χ2n) is 7.21. The number of hydrogen-bond donors (Lipinski definition) is 0. The van der Waals surface area contributed by atoms with Crippen LogP contribution in [-0.2, 0) is 4.84 Å². The lowest BCUT2D eigenvalue weighted by Crippen LogP contribution is -2.52. The molecule has 146 valence electrons. The normalized spacial score (nSPS) is 21.7. The van der Waals surface area contributed by atoms with E-state index in [0.717, 1.165) is 16.8 Å². The summed E-state index contributed by atoms with van der Waals surface area (Å²) in [6.45, 7) is 0. The number of nitrogens with zero attached hydrogens (tertiary/aromatic N) is 3. The maximum Gasteiger partial charge on any atom is 0.259 e. The van der Waals surface area contributed by atoms with E-state index in [0.29, 0.717) is 16.3 Å². The molecule has 0 N–H and O–H groups in total. The molecule has 2 aliphatic rings. The second kappa shape index (κ2) is 7.33. The first-order valence-electron chi connectivity index (χ1n) is 9.56. The van der Waals surface area contributed by atoms with Crippen molar-refractivity contribution in [3.63, 3.8) is 0 Å². The molecule has 5 rings (SSSR count). The number of amides is 1. The van der Waals surface area contributed by atoms with Crippen molar-refractivity contribution < 1.29 is 9.63 Å². The van der Waals surface area contributed by atoms with E-state index in [1.807, 2.05) is 42.5 Å². The summed E-state index contributed by atoms with van der Waals surface area (Å²) in [7, 11) is 0. The van der Waals surface area contributed by atoms with E-state index >= 15 is 0 Å². The van der Waals surface area contributed by atoms with Crippen molar-refractivity contribution >= 4 is 28.9 Å². The van der Waals surface area contributed by atoms with Gasteiger partial charge >= 0.3 is 0 Å². The van der Waals surface area contributed by atoms with Crippen LogP contribution in [0.3, 0.4) is 0 Å². The Morgan fingerprint density at radius 3 is 2.43 bits per heavy atom. The van der Waals surface area contributed by atoms with Crippen molar-refractivity contribution in [2.75, 3.05) is 4.90 Å². The number of para-hydroxylation sites is 1. The molecule has 0 spiro atoms. The fourth-order valence-electron chi connectivity index (χ4n) is 4.16. The molecule has 3 aromatic rings. The van der Waals surface area contributed by atoms with Gasteiger partial charge in [-0.25, -0.2) is 0 Å². The molecule has 1 unspecified atom stereocenters. The maximum absolute atomic E-state index is 13.4. The Balaban J connectivity index is 1.63. The minimum Gasteiger partial charge on any atom is -0.388 e. The van der Waals surface area contributed by atoms with Gasteiger partial charge in [-0.15, -0.1) is 0 Å². The molecule has 0 aliphatic carbocycles. The van der Waals surface area contributed by atoms with Gasteiger partial charge in [0.05, 0.1) is 17.7 Å². The van der Waals surface area contributed by atoms with Crippen molar-refractivity contribution in [1.29, 1.82) is 5.26 Å². The summed E-state index contributed by atoms with van der Waals surface area (Å²) >= 11 is 6.04. The van der Waals surface area contributed by atoms with Crippen LogP contribution < -0.4 is 4.90 Å².